The number of carbonyl (C=O) groups is 5. The fourth-order valence-electron chi connectivity index (χ4n) is 5.05. The molecule has 5 N–H and O–H groups in total. The molecule has 13 nitrogen and oxygen atoms in total. The topological polar surface area (TPSA) is 196 Å². The van der Waals surface area contributed by atoms with Gasteiger partial charge in [0.25, 0.3) is 0 Å². The predicted octanol–water partition coefficient (Wildman–Crippen LogP) is -0.842. The Balaban J connectivity index is 2.53. The van der Waals surface area contributed by atoms with Gasteiger partial charge in [-0.2, -0.15) is 0 Å². The fraction of sp³-hybridized carbons (Fsp3) is 0.750. The summed E-state index contributed by atoms with van der Waals surface area (Å²) >= 11 is 0. The molecule has 0 amide bonds. The molecule has 0 bridgehead atoms. The zero-order chi connectivity index (χ0) is 24.7. The molecule has 1 heterocycles. The maximum atomic E-state index is 12.0. The molecule has 186 valence electrons. The van der Waals surface area contributed by atoms with Crippen LogP contribution in [0.15, 0.2) is 0 Å². The minimum Gasteiger partial charge on any atom is -0.480 e. The van der Waals surface area contributed by atoms with Gasteiger partial charge in [-0.05, 0) is 25.7 Å². The maximum Gasteiger partial charge on any atom is 0.321 e. The van der Waals surface area contributed by atoms with E-state index in [1.54, 1.807) is 9.80 Å². The molecule has 3 unspecified atom stereocenters. The van der Waals surface area contributed by atoms with Crippen LogP contribution in [0.2, 0.25) is 0 Å². The minimum atomic E-state index is -1.47. The molecule has 33 heavy (non-hydrogen) atoms. The molecular formula is C20H31N3O10. The van der Waals surface area contributed by atoms with E-state index in [4.69, 9.17) is 0 Å². The van der Waals surface area contributed by atoms with Crippen molar-refractivity contribution in [2.24, 2.45) is 0 Å². The van der Waals surface area contributed by atoms with Gasteiger partial charge in [-0.1, -0.05) is 12.8 Å². The SMILES string of the molecule is O=C(O)CN1CCC(C(=O)O)N(CC(=O)O)[C@@H](C(=O)O)CCN(CC(=O)O)C2CCCCC21. The summed E-state index contributed by atoms with van der Waals surface area (Å²) in [5.41, 5.74) is 0. The summed E-state index contributed by atoms with van der Waals surface area (Å²) < 4.78 is 0. The summed E-state index contributed by atoms with van der Waals surface area (Å²) in [6.45, 7) is -1.66. The highest BCUT2D eigenvalue weighted by molar-refractivity contribution is 5.80. The summed E-state index contributed by atoms with van der Waals surface area (Å²) in [6, 6.07) is -3.63. The molecule has 0 aromatic rings. The molecule has 2 rings (SSSR count). The quantitative estimate of drug-likeness (QED) is 0.293. The number of hydrogen-bond donors (Lipinski definition) is 5. The van der Waals surface area contributed by atoms with Gasteiger partial charge in [-0.15, -0.1) is 0 Å². The van der Waals surface area contributed by atoms with Gasteiger partial charge in [0, 0.05) is 25.2 Å². The van der Waals surface area contributed by atoms with E-state index in [-0.39, 0.29) is 38.0 Å². The first kappa shape index (κ1) is 26.5. The summed E-state index contributed by atoms with van der Waals surface area (Å²) in [6.07, 6.45) is 2.41. The second kappa shape index (κ2) is 11.9. The van der Waals surface area contributed by atoms with E-state index in [0.717, 1.165) is 17.7 Å². The lowest BCUT2D eigenvalue weighted by atomic mass is 9.87. The highest BCUT2D eigenvalue weighted by atomic mass is 16.4. The van der Waals surface area contributed by atoms with Gasteiger partial charge in [0.1, 0.15) is 12.1 Å². The Hall–Kier alpha value is -2.77. The van der Waals surface area contributed by atoms with Crippen LogP contribution in [0.3, 0.4) is 0 Å². The number of carboxylic acid groups (broad SMARTS) is 5. The van der Waals surface area contributed by atoms with Crippen LogP contribution in [0.4, 0.5) is 0 Å². The average molecular weight is 473 g/mol. The van der Waals surface area contributed by atoms with Crippen molar-refractivity contribution in [2.45, 2.75) is 62.7 Å². The van der Waals surface area contributed by atoms with Gasteiger partial charge in [-0.25, -0.2) is 0 Å². The van der Waals surface area contributed by atoms with Gasteiger partial charge in [-0.3, -0.25) is 38.7 Å². The number of hydrogen-bond acceptors (Lipinski definition) is 8. The monoisotopic (exact) mass is 473 g/mol. The average Bonchev–Trinajstić information content (AvgIpc) is 2.72. The van der Waals surface area contributed by atoms with Crippen LogP contribution in [-0.2, 0) is 24.0 Å². The Morgan fingerprint density at radius 3 is 1.24 bits per heavy atom. The Kier molecular flexibility index (Phi) is 9.56. The van der Waals surface area contributed by atoms with Crippen molar-refractivity contribution in [3.8, 4) is 0 Å². The molecule has 2 aliphatic rings. The van der Waals surface area contributed by atoms with E-state index in [9.17, 15) is 49.5 Å². The van der Waals surface area contributed by atoms with Crippen molar-refractivity contribution < 1.29 is 49.5 Å². The zero-order valence-electron chi connectivity index (χ0n) is 18.2. The standard InChI is InChI=1S/C20H31N3O10/c24-16(25)9-21-7-5-14(19(30)31)23(11-18(28)29)15(20(32)33)6-8-22(10-17(26)27)13-4-2-1-3-12(13)21/h12-15H,1-11H2,(H,24,25)(H,26,27)(H,28,29)(H,30,31)(H,32,33)/t12?,13?,14-,15?/m1/s1. The maximum absolute atomic E-state index is 12.0. The van der Waals surface area contributed by atoms with Crippen molar-refractivity contribution in [3.63, 3.8) is 0 Å². The molecule has 13 heteroatoms. The second-order valence-electron chi connectivity index (χ2n) is 8.50. The first-order valence-corrected chi connectivity index (χ1v) is 10.9. The highest BCUT2D eigenvalue weighted by Crippen LogP contribution is 2.29. The largest absolute Gasteiger partial charge is 0.480 e. The zero-order valence-corrected chi connectivity index (χ0v) is 18.2. The second-order valence-corrected chi connectivity index (χ2v) is 8.50. The van der Waals surface area contributed by atoms with Gasteiger partial charge in [0.2, 0.25) is 0 Å². The summed E-state index contributed by atoms with van der Waals surface area (Å²) in [5, 5.41) is 47.8. The number of aliphatic carboxylic acids is 5. The number of carboxylic acids is 5. The van der Waals surface area contributed by atoms with Gasteiger partial charge >= 0.3 is 29.8 Å². The van der Waals surface area contributed by atoms with Gasteiger partial charge in [0.15, 0.2) is 0 Å². The summed E-state index contributed by atoms with van der Waals surface area (Å²) in [4.78, 5) is 62.7. The molecule has 1 saturated carbocycles. The molecule has 1 aliphatic carbocycles. The third kappa shape index (κ3) is 7.37. The molecule has 0 aromatic carbocycles. The van der Waals surface area contributed by atoms with E-state index in [1.165, 1.54) is 0 Å². The lowest BCUT2D eigenvalue weighted by molar-refractivity contribution is -0.154. The molecule has 4 atom stereocenters. The molecule has 0 radical (unpaired) electrons. The fourth-order valence-corrected chi connectivity index (χ4v) is 5.05. The molecule has 1 saturated heterocycles. The van der Waals surface area contributed by atoms with Crippen LogP contribution >= 0.6 is 0 Å². The first-order valence-electron chi connectivity index (χ1n) is 10.9. The smallest absolute Gasteiger partial charge is 0.321 e. The van der Waals surface area contributed by atoms with Crippen LogP contribution in [0.1, 0.15) is 38.5 Å². The third-order valence-electron chi connectivity index (χ3n) is 6.38. The number of rotatable bonds is 8. The van der Waals surface area contributed by atoms with Crippen molar-refractivity contribution in [1.82, 2.24) is 14.7 Å². The minimum absolute atomic E-state index is 0.0200. The molecular weight excluding hydrogens is 442 g/mol. The van der Waals surface area contributed by atoms with E-state index in [1.807, 2.05) is 0 Å². The highest BCUT2D eigenvalue weighted by Gasteiger charge is 2.41. The molecule has 0 aromatic heterocycles. The Labute approximate surface area is 190 Å². The van der Waals surface area contributed by atoms with Gasteiger partial charge in [0.05, 0.1) is 19.6 Å². The molecule has 0 spiro atoms. The van der Waals surface area contributed by atoms with E-state index >= 15 is 0 Å². The normalized spacial score (nSPS) is 28.2. The van der Waals surface area contributed by atoms with E-state index in [2.05, 4.69) is 0 Å². The van der Waals surface area contributed by atoms with E-state index in [0.29, 0.717) is 12.8 Å². The van der Waals surface area contributed by atoms with Gasteiger partial charge < -0.3 is 25.5 Å². The lowest BCUT2D eigenvalue weighted by Crippen LogP contribution is -2.56. The van der Waals surface area contributed by atoms with Crippen molar-refractivity contribution >= 4 is 29.8 Å². The summed E-state index contributed by atoms with van der Waals surface area (Å²) in [7, 11) is 0. The number of fused-ring (bicyclic) bond motifs is 1. The van der Waals surface area contributed by atoms with Crippen LogP contribution in [0.5, 0.6) is 0 Å². The summed E-state index contributed by atoms with van der Waals surface area (Å²) in [5.74, 6) is -6.46. The van der Waals surface area contributed by atoms with Crippen LogP contribution in [0, 0.1) is 0 Å². The Morgan fingerprint density at radius 1 is 0.576 bits per heavy atom. The first-order chi connectivity index (χ1) is 15.5. The Bertz CT molecular complexity index is 706. The number of nitrogens with zero attached hydrogens (tertiary/aromatic N) is 3. The third-order valence-corrected chi connectivity index (χ3v) is 6.38. The van der Waals surface area contributed by atoms with Crippen molar-refractivity contribution in [1.29, 1.82) is 0 Å². The van der Waals surface area contributed by atoms with Crippen LogP contribution < -0.4 is 0 Å². The van der Waals surface area contributed by atoms with Crippen LogP contribution in [0.25, 0.3) is 0 Å². The predicted molar refractivity (Wildman–Crippen MR) is 111 cm³/mol. The van der Waals surface area contributed by atoms with Crippen molar-refractivity contribution in [3.05, 3.63) is 0 Å². The van der Waals surface area contributed by atoms with Crippen molar-refractivity contribution in [2.75, 3.05) is 32.7 Å². The lowest BCUT2D eigenvalue weighted by Gasteiger charge is -2.44. The Morgan fingerprint density at radius 2 is 0.939 bits per heavy atom. The molecule has 2 fully saturated rings. The van der Waals surface area contributed by atoms with E-state index < -0.39 is 61.6 Å². The molecule has 1 aliphatic heterocycles. The van der Waals surface area contributed by atoms with Crippen LogP contribution in [-0.4, -0.2) is 127 Å².